The zero-order valence-electron chi connectivity index (χ0n) is 37.0. The zero-order chi connectivity index (χ0) is 46.7. The molecule has 0 atom stereocenters. The van der Waals surface area contributed by atoms with Crippen LogP contribution in [0.4, 0.5) is 25.0 Å². The van der Waals surface area contributed by atoms with E-state index in [4.69, 9.17) is 33.7 Å². The number of benzene rings is 4. The van der Waals surface area contributed by atoms with Gasteiger partial charge >= 0.3 is 6.09 Å². The number of anilines is 2. The predicted octanol–water partition coefficient (Wildman–Crippen LogP) is 8.83. The summed E-state index contributed by atoms with van der Waals surface area (Å²) >= 11 is 12.4. The van der Waals surface area contributed by atoms with Gasteiger partial charge in [-0.15, -0.1) is 12.4 Å². The van der Waals surface area contributed by atoms with Crippen molar-refractivity contribution in [2.24, 2.45) is 19.8 Å². The minimum absolute atomic E-state index is 0. The molecule has 0 bridgehead atoms. The van der Waals surface area contributed by atoms with Crippen LogP contribution in [0.3, 0.4) is 0 Å². The minimum Gasteiger partial charge on any atom is -0.444 e. The van der Waals surface area contributed by atoms with E-state index in [2.05, 4.69) is 15.5 Å². The molecule has 346 valence electrons. The Kier molecular flexibility index (Phi) is 15.4. The average molecular weight is 962 g/mol. The first kappa shape index (κ1) is 49.3. The normalized spacial score (nSPS) is 12.8. The third-order valence-electron chi connectivity index (χ3n) is 11.1. The number of carbonyl (C=O) groups excluding carboxylic acids is 4. The molecule has 6 aromatic rings. The summed E-state index contributed by atoms with van der Waals surface area (Å²) in [5.74, 6) is -1.94. The van der Waals surface area contributed by atoms with Crippen LogP contribution < -0.4 is 20.9 Å². The van der Waals surface area contributed by atoms with Crippen LogP contribution >= 0.6 is 35.6 Å². The molecule has 2 aliphatic rings. The summed E-state index contributed by atoms with van der Waals surface area (Å²) in [6.07, 6.45) is 4.17. The molecule has 13 nitrogen and oxygen atoms in total. The van der Waals surface area contributed by atoms with E-state index in [9.17, 15) is 28.0 Å². The molecule has 3 N–H and O–H groups in total. The van der Waals surface area contributed by atoms with E-state index in [-0.39, 0.29) is 67.1 Å². The molecule has 0 saturated carbocycles. The number of Topliss-reactive ketones (excluding diaryl/α,β-unsaturated/α-hetero) is 1. The van der Waals surface area contributed by atoms with Crippen molar-refractivity contribution in [3.05, 3.63) is 163 Å². The number of nitrogens with two attached hydrogens (primary N) is 1. The Morgan fingerprint density at radius 1 is 0.712 bits per heavy atom. The fraction of sp³-hybridized carbons (Fsp3) is 0.292. The lowest BCUT2D eigenvalue weighted by molar-refractivity contribution is -0.118. The molecule has 66 heavy (non-hydrogen) atoms. The molecular weight excluding hydrogens is 913 g/mol. The topological polar surface area (TPSA) is 158 Å². The first-order valence-electron chi connectivity index (χ1n) is 20.8. The average Bonchev–Trinajstić information content (AvgIpc) is 3.65. The number of aromatic nitrogens is 4. The van der Waals surface area contributed by atoms with E-state index in [1.54, 1.807) is 84.0 Å². The van der Waals surface area contributed by atoms with Crippen LogP contribution in [0.5, 0.6) is 0 Å². The van der Waals surface area contributed by atoms with Crippen molar-refractivity contribution >= 4 is 70.7 Å². The highest BCUT2D eigenvalue weighted by Gasteiger charge is 2.29. The number of hydrogen-bond donors (Lipinski definition) is 2. The van der Waals surface area contributed by atoms with E-state index in [1.807, 2.05) is 37.0 Å². The third kappa shape index (κ3) is 11.3. The summed E-state index contributed by atoms with van der Waals surface area (Å²) in [6.45, 7) is 5.71. The van der Waals surface area contributed by atoms with Crippen LogP contribution in [0.2, 0.25) is 10.0 Å². The van der Waals surface area contributed by atoms with Gasteiger partial charge in [0.15, 0.2) is 5.78 Å². The maximum Gasteiger partial charge on any atom is 0.408 e. The number of amides is 3. The SMILES string of the molecule is Cl.Cn1ncc2c1Cc1cc(Cl)ccc1N(C(=O)c1ccc(CCC(=O)CNC(=O)OC(C)(C)C)c(F)c1)C2.Cn1ncc2c1Cc1cc(Cl)ccc1N(C(=O)c1ccc(CN)c(F)c1)C2. The lowest BCUT2D eigenvalue weighted by Crippen LogP contribution is -2.35. The largest absolute Gasteiger partial charge is 0.444 e. The van der Waals surface area contributed by atoms with Crippen LogP contribution in [0, 0.1) is 11.6 Å². The summed E-state index contributed by atoms with van der Waals surface area (Å²) in [5, 5.41) is 12.2. The number of rotatable bonds is 8. The van der Waals surface area contributed by atoms with Gasteiger partial charge in [-0.2, -0.15) is 10.2 Å². The predicted molar refractivity (Wildman–Crippen MR) is 251 cm³/mol. The maximum atomic E-state index is 15.0. The second kappa shape index (κ2) is 20.6. The van der Waals surface area contributed by atoms with Gasteiger partial charge in [0, 0.05) is 101 Å². The second-order valence-corrected chi connectivity index (χ2v) is 17.7. The molecule has 4 aromatic carbocycles. The standard InChI is InChI=1S/C28H30ClFN4O4.C20H18ClFN4O.ClH/c1-28(2,3)38-27(37)31-15-22(35)9-7-17-5-6-18(12-23(17)30)26(36)34-16-20-14-32-33(4)25(20)13-19-11-21(29)8-10-24(19)34;1-25-19-8-14-6-16(21)4-5-18(14)26(11-15(19)10-24-25)20(27)12-2-3-13(9-23)17(22)7-12;/h5-6,8,10-12,14H,7,9,13,15-16H2,1-4H3,(H,31,37);2-7,10H,8-9,11,23H2,1H3;1H. The smallest absolute Gasteiger partial charge is 0.408 e. The number of ketones is 1. The second-order valence-electron chi connectivity index (χ2n) is 16.9. The van der Waals surface area contributed by atoms with Gasteiger partial charge in [-0.05, 0) is 105 Å². The number of nitrogens with one attached hydrogen (secondary N) is 1. The number of halogens is 5. The van der Waals surface area contributed by atoms with Crippen molar-refractivity contribution < 1.29 is 32.7 Å². The van der Waals surface area contributed by atoms with Crippen LogP contribution in [0.1, 0.15) is 92.7 Å². The molecule has 2 aliphatic heterocycles. The van der Waals surface area contributed by atoms with Gasteiger partial charge in [-0.1, -0.05) is 35.3 Å². The van der Waals surface area contributed by atoms with E-state index in [0.717, 1.165) is 39.3 Å². The van der Waals surface area contributed by atoms with Gasteiger partial charge in [0.2, 0.25) is 0 Å². The molecule has 0 saturated heterocycles. The van der Waals surface area contributed by atoms with Gasteiger partial charge < -0.3 is 25.6 Å². The van der Waals surface area contributed by atoms with Crippen LogP contribution in [0.25, 0.3) is 0 Å². The van der Waals surface area contributed by atoms with Gasteiger partial charge in [-0.25, -0.2) is 13.6 Å². The van der Waals surface area contributed by atoms with Crippen molar-refractivity contribution in [2.75, 3.05) is 16.3 Å². The first-order valence-corrected chi connectivity index (χ1v) is 21.6. The van der Waals surface area contributed by atoms with Crippen molar-refractivity contribution in [1.82, 2.24) is 24.9 Å². The van der Waals surface area contributed by atoms with Crippen molar-refractivity contribution in [3.63, 3.8) is 0 Å². The van der Waals surface area contributed by atoms with E-state index >= 15 is 0 Å². The van der Waals surface area contributed by atoms with Crippen LogP contribution in [-0.2, 0) is 62.5 Å². The molecule has 0 aliphatic carbocycles. The van der Waals surface area contributed by atoms with Crippen molar-refractivity contribution in [3.8, 4) is 0 Å². The molecule has 8 rings (SSSR count). The van der Waals surface area contributed by atoms with Gasteiger partial charge in [0.1, 0.15) is 17.2 Å². The lowest BCUT2D eigenvalue weighted by atomic mass is 10.0. The zero-order valence-corrected chi connectivity index (χ0v) is 39.3. The number of fused-ring (bicyclic) bond motifs is 4. The Balaban J connectivity index is 0.000000227. The Hall–Kier alpha value is -6.13. The van der Waals surface area contributed by atoms with Crippen molar-refractivity contribution in [1.29, 1.82) is 0 Å². The maximum absolute atomic E-state index is 15.0. The van der Waals surface area contributed by atoms with E-state index < -0.39 is 23.3 Å². The summed E-state index contributed by atoms with van der Waals surface area (Å²) in [6, 6.07) is 19.5. The molecular formula is C48H49Cl3F2N8O5. The summed E-state index contributed by atoms with van der Waals surface area (Å²) in [5.41, 5.74) is 13.2. The molecule has 3 amide bonds. The molecule has 0 radical (unpaired) electrons. The molecule has 0 spiro atoms. The number of aryl methyl sites for hydroxylation is 3. The number of alkyl carbamates (subject to hydrolysis) is 1. The fourth-order valence-corrected chi connectivity index (χ4v) is 8.17. The summed E-state index contributed by atoms with van der Waals surface area (Å²) < 4.78 is 37.9. The molecule has 2 aromatic heterocycles. The summed E-state index contributed by atoms with van der Waals surface area (Å²) in [7, 11) is 3.73. The number of nitrogens with zero attached hydrogens (tertiary/aromatic N) is 6. The Bertz CT molecular complexity index is 2820. The molecule has 0 fully saturated rings. The Morgan fingerprint density at radius 2 is 1.18 bits per heavy atom. The quantitative estimate of drug-likeness (QED) is 0.153. The van der Waals surface area contributed by atoms with Gasteiger partial charge in [0.05, 0.1) is 32.0 Å². The molecule has 18 heteroatoms. The van der Waals surface area contributed by atoms with Gasteiger partial charge in [0.25, 0.3) is 11.8 Å². The van der Waals surface area contributed by atoms with E-state index in [0.29, 0.717) is 52.8 Å². The highest BCUT2D eigenvalue weighted by atomic mass is 35.5. The first-order chi connectivity index (χ1) is 30.9. The number of ether oxygens (including phenoxy) is 1. The van der Waals surface area contributed by atoms with Crippen LogP contribution in [-0.4, -0.2) is 55.4 Å². The number of hydrogen-bond acceptors (Lipinski definition) is 8. The Labute approximate surface area is 397 Å². The van der Waals surface area contributed by atoms with Gasteiger partial charge in [-0.3, -0.25) is 23.7 Å². The highest BCUT2D eigenvalue weighted by molar-refractivity contribution is 6.31. The highest BCUT2D eigenvalue weighted by Crippen LogP contribution is 2.35. The number of carbonyl (C=O) groups is 4. The molecule has 0 unspecified atom stereocenters. The van der Waals surface area contributed by atoms with E-state index in [1.165, 1.54) is 18.2 Å². The Morgan fingerprint density at radius 3 is 1.62 bits per heavy atom. The van der Waals surface area contributed by atoms with Crippen molar-refractivity contribution in [2.45, 2.75) is 71.7 Å². The summed E-state index contributed by atoms with van der Waals surface area (Å²) in [4.78, 5) is 54.0. The lowest BCUT2D eigenvalue weighted by Gasteiger charge is -2.23. The fourth-order valence-electron chi connectivity index (χ4n) is 7.78. The minimum atomic E-state index is -0.685. The van der Waals surface area contributed by atoms with Crippen LogP contribution in [0.15, 0.2) is 85.2 Å². The monoisotopic (exact) mass is 960 g/mol. The third-order valence-corrected chi connectivity index (χ3v) is 11.6. The molecule has 4 heterocycles.